The van der Waals surface area contributed by atoms with E-state index < -0.39 is 0 Å². The maximum atomic E-state index is 12.1. The predicted octanol–water partition coefficient (Wildman–Crippen LogP) is -0.0157. The fraction of sp³-hybridized carbons (Fsp3) is 0.917. The molecule has 0 aromatic carbocycles. The summed E-state index contributed by atoms with van der Waals surface area (Å²) in [6.45, 7) is 6.73. The zero-order chi connectivity index (χ0) is 12.7. The van der Waals surface area contributed by atoms with Gasteiger partial charge in [-0.05, 0) is 19.8 Å². The summed E-state index contributed by atoms with van der Waals surface area (Å²) in [5, 5.41) is 12.2. The summed E-state index contributed by atoms with van der Waals surface area (Å²) >= 11 is 0. The van der Waals surface area contributed by atoms with Gasteiger partial charge in [0.2, 0.25) is 5.91 Å². The normalized spacial score (nSPS) is 20.1. The number of carbonyl (C=O) groups excluding carboxylic acids is 1. The largest absolute Gasteiger partial charge is 0.396 e. The summed E-state index contributed by atoms with van der Waals surface area (Å²) in [5.41, 5.74) is 0. The number of morpholine rings is 1. The molecule has 1 heterocycles. The van der Waals surface area contributed by atoms with Gasteiger partial charge in [0.05, 0.1) is 19.3 Å². The van der Waals surface area contributed by atoms with Crippen LogP contribution in [-0.2, 0) is 9.53 Å². The molecule has 1 fully saturated rings. The first-order valence-electron chi connectivity index (χ1n) is 6.42. The summed E-state index contributed by atoms with van der Waals surface area (Å²) in [6, 6.07) is 0.0181. The summed E-state index contributed by atoms with van der Waals surface area (Å²) in [4.78, 5) is 13.9. The lowest BCUT2D eigenvalue weighted by atomic mass is 10.1. The standard InChI is InChI=1S/C12H24N2O3/c1-3-11(4-7-15)13-10(2)12(16)14-5-8-17-9-6-14/h10-11,13,15H,3-9H2,1-2H3. The zero-order valence-electron chi connectivity index (χ0n) is 10.8. The van der Waals surface area contributed by atoms with Crippen LogP contribution in [0.25, 0.3) is 0 Å². The highest BCUT2D eigenvalue weighted by Gasteiger charge is 2.23. The number of carbonyl (C=O) groups is 1. The van der Waals surface area contributed by atoms with E-state index in [1.807, 2.05) is 11.8 Å². The third-order valence-corrected chi connectivity index (χ3v) is 3.15. The fourth-order valence-corrected chi connectivity index (χ4v) is 2.04. The van der Waals surface area contributed by atoms with Crippen LogP contribution in [0.2, 0.25) is 0 Å². The van der Waals surface area contributed by atoms with Crippen LogP contribution in [0.1, 0.15) is 26.7 Å². The van der Waals surface area contributed by atoms with Crippen LogP contribution in [-0.4, -0.2) is 60.9 Å². The lowest BCUT2D eigenvalue weighted by molar-refractivity contribution is -0.137. The summed E-state index contributed by atoms with van der Waals surface area (Å²) in [6.07, 6.45) is 1.61. The lowest BCUT2D eigenvalue weighted by Crippen LogP contribution is -2.51. The Hall–Kier alpha value is -0.650. The quantitative estimate of drug-likeness (QED) is 0.689. The molecule has 0 bridgehead atoms. The van der Waals surface area contributed by atoms with Crippen molar-refractivity contribution in [2.45, 2.75) is 38.8 Å². The van der Waals surface area contributed by atoms with Gasteiger partial charge in [0.25, 0.3) is 0 Å². The number of aliphatic hydroxyl groups is 1. The molecule has 2 atom stereocenters. The molecule has 5 heteroatoms. The summed E-state index contributed by atoms with van der Waals surface area (Å²) < 4.78 is 5.22. The molecule has 1 saturated heterocycles. The van der Waals surface area contributed by atoms with Gasteiger partial charge in [-0.2, -0.15) is 0 Å². The molecule has 0 saturated carbocycles. The van der Waals surface area contributed by atoms with Crippen molar-refractivity contribution < 1.29 is 14.6 Å². The molecule has 5 nitrogen and oxygen atoms in total. The third-order valence-electron chi connectivity index (χ3n) is 3.15. The Kier molecular flexibility index (Phi) is 6.47. The Morgan fingerprint density at radius 3 is 2.65 bits per heavy atom. The Bertz CT molecular complexity index is 230. The highest BCUT2D eigenvalue weighted by Crippen LogP contribution is 2.04. The van der Waals surface area contributed by atoms with Gasteiger partial charge in [0.15, 0.2) is 0 Å². The Morgan fingerprint density at radius 2 is 2.12 bits per heavy atom. The van der Waals surface area contributed by atoms with E-state index in [4.69, 9.17) is 9.84 Å². The summed E-state index contributed by atoms with van der Waals surface area (Å²) in [5.74, 6) is 0.129. The van der Waals surface area contributed by atoms with Gasteiger partial charge in [-0.1, -0.05) is 6.92 Å². The minimum atomic E-state index is -0.190. The van der Waals surface area contributed by atoms with Gasteiger partial charge in [0, 0.05) is 25.7 Å². The predicted molar refractivity (Wildman–Crippen MR) is 65.8 cm³/mol. The molecular weight excluding hydrogens is 220 g/mol. The van der Waals surface area contributed by atoms with E-state index in [1.165, 1.54) is 0 Å². The first-order chi connectivity index (χ1) is 8.19. The van der Waals surface area contributed by atoms with Gasteiger partial charge in [-0.25, -0.2) is 0 Å². The van der Waals surface area contributed by atoms with Crippen LogP contribution >= 0.6 is 0 Å². The second-order valence-corrected chi connectivity index (χ2v) is 4.44. The van der Waals surface area contributed by atoms with Gasteiger partial charge < -0.3 is 20.1 Å². The molecule has 100 valence electrons. The smallest absolute Gasteiger partial charge is 0.239 e. The summed E-state index contributed by atoms with van der Waals surface area (Å²) in [7, 11) is 0. The zero-order valence-corrected chi connectivity index (χ0v) is 10.8. The fourth-order valence-electron chi connectivity index (χ4n) is 2.04. The highest BCUT2D eigenvalue weighted by atomic mass is 16.5. The number of hydrogen-bond acceptors (Lipinski definition) is 4. The van der Waals surface area contributed by atoms with Crippen LogP contribution in [0.3, 0.4) is 0 Å². The van der Waals surface area contributed by atoms with Gasteiger partial charge in [0.1, 0.15) is 0 Å². The van der Waals surface area contributed by atoms with Gasteiger partial charge in [-0.15, -0.1) is 0 Å². The molecule has 0 aromatic rings. The van der Waals surface area contributed by atoms with Gasteiger partial charge in [-0.3, -0.25) is 4.79 Å². The van der Waals surface area contributed by atoms with Crippen LogP contribution in [0.15, 0.2) is 0 Å². The van der Waals surface area contributed by atoms with E-state index in [0.717, 1.165) is 6.42 Å². The number of hydrogen-bond donors (Lipinski definition) is 2. The number of rotatable bonds is 6. The highest BCUT2D eigenvalue weighted by molar-refractivity contribution is 5.81. The second kappa shape index (κ2) is 7.63. The Balaban J connectivity index is 2.39. The van der Waals surface area contributed by atoms with Gasteiger partial charge >= 0.3 is 0 Å². The van der Waals surface area contributed by atoms with E-state index >= 15 is 0 Å². The molecule has 1 aliphatic rings. The van der Waals surface area contributed by atoms with Crippen molar-refractivity contribution in [3.05, 3.63) is 0 Å². The van der Waals surface area contributed by atoms with Crippen molar-refractivity contribution in [1.29, 1.82) is 0 Å². The van der Waals surface area contributed by atoms with Crippen molar-refractivity contribution in [2.75, 3.05) is 32.9 Å². The molecule has 1 amide bonds. The van der Waals surface area contributed by atoms with Crippen LogP contribution in [0, 0.1) is 0 Å². The van der Waals surface area contributed by atoms with E-state index in [1.54, 1.807) is 0 Å². The number of nitrogens with one attached hydrogen (secondary N) is 1. The molecule has 2 unspecified atom stereocenters. The molecule has 17 heavy (non-hydrogen) atoms. The average Bonchev–Trinajstić information content (AvgIpc) is 2.38. The van der Waals surface area contributed by atoms with Crippen molar-refractivity contribution in [3.8, 4) is 0 Å². The van der Waals surface area contributed by atoms with E-state index in [2.05, 4.69) is 12.2 Å². The van der Waals surface area contributed by atoms with E-state index in [0.29, 0.717) is 32.7 Å². The minimum absolute atomic E-state index is 0.129. The molecule has 2 N–H and O–H groups in total. The van der Waals surface area contributed by atoms with Crippen molar-refractivity contribution in [2.24, 2.45) is 0 Å². The average molecular weight is 244 g/mol. The lowest BCUT2D eigenvalue weighted by Gasteiger charge is -2.31. The molecule has 0 spiro atoms. The van der Waals surface area contributed by atoms with Crippen LogP contribution in [0.5, 0.6) is 0 Å². The van der Waals surface area contributed by atoms with E-state index in [-0.39, 0.29) is 24.6 Å². The van der Waals surface area contributed by atoms with Crippen molar-refractivity contribution >= 4 is 5.91 Å². The maximum Gasteiger partial charge on any atom is 0.239 e. The Labute approximate surface area is 103 Å². The third kappa shape index (κ3) is 4.61. The monoisotopic (exact) mass is 244 g/mol. The minimum Gasteiger partial charge on any atom is -0.396 e. The molecule has 0 aliphatic carbocycles. The van der Waals surface area contributed by atoms with Crippen LogP contribution in [0.4, 0.5) is 0 Å². The molecule has 1 aliphatic heterocycles. The van der Waals surface area contributed by atoms with Crippen LogP contribution < -0.4 is 5.32 Å². The van der Waals surface area contributed by atoms with Crippen molar-refractivity contribution in [3.63, 3.8) is 0 Å². The topological polar surface area (TPSA) is 61.8 Å². The second-order valence-electron chi connectivity index (χ2n) is 4.44. The molecule has 0 radical (unpaired) electrons. The maximum absolute atomic E-state index is 12.1. The Morgan fingerprint density at radius 1 is 1.47 bits per heavy atom. The molecule has 0 aromatic heterocycles. The van der Waals surface area contributed by atoms with Crippen molar-refractivity contribution in [1.82, 2.24) is 10.2 Å². The molecule has 1 rings (SSSR count). The number of amides is 1. The first kappa shape index (κ1) is 14.4. The SMILES string of the molecule is CCC(CCO)NC(C)C(=O)N1CCOCC1. The molecular formula is C12H24N2O3. The number of nitrogens with zero attached hydrogens (tertiary/aromatic N) is 1. The number of aliphatic hydroxyl groups excluding tert-OH is 1. The van der Waals surface area contributed by atoms with E-state index in [9.17, 15) is 4.79 Å². The number of ether oxygens (including phenoxy) is 1. The first-order valence-corrected chi connectivity index (χ1v) is 6.42.